The summed E-state index contributed by atoms with van der Waals surface area (Å²) in [6, 6.07) is -0.314. The first-order valence-electron chi connectivity index (χ1n) is 7.67. The van der Waals surface area contributed by atoms with Gasteiger partial charge in [-0.15, -0.1) is 0 Å². The van der Waals surface area contributed by atoms with Crippen molar-refractivity contribution in [3.05, 3.63) is 0 Å². The average Bonchev–Trinajstić information content (AvgIpc) is 3.22. The Kier molecular flexibility index (Phi) is 4.83. The molecule has 1 heterocycles. The molecule has 0 aromatic rings. The number of carbonyl (C=O) groups excluding carboxylic acids is 2. The molecule has 0 unspecified atom stereocenters. The molecule has 0 radical (unpaired) electrons. The molecule has 1 atom stereocenters. The van der Waals surface area contributed by atoms with Crippen molar-refractivity contribution in [1.82, 2.24) is 10.2 Å². The van der Waals surface area contributed by atoms with Crippen LogP contribution in [0.1, 0.15) is 52.4 Å². The van der Waals surface area contributed by atoms with E-state index in [-0.39, 0.29) is 23.8 Å². The molecule has 0 spiro atoms. The number of nitrogens with zero attached hydrogens (tertiary/aromatic N) is 1. The van der Waals surface area contributed by atoms with E-state index in [2.05, 4.69) is 19.2 Å². The highest BCUT2D eigenvalue weighted by Gasteiger charge is 2.34. The molecule has 2 rings (SSSR count). The molecule has 0 aromatic heterocycles. The van der Waals surface area contributed by atoms with Crippen molar-refractivity contribution in [2.24, 2.45) is 11.8 Å². The maximum atomic E-state index is 12.5. The number of hydrogen-bond donors (Lipinski definition) is 1. The third kappa shape index (κ3) is 4.22. The van der Waals surface area contributed by atoms with E-state index >= 15 is 0 Å². The number of rotatable bonds is 5. The first-order valence-corrected chi connectivity index (χ1v) is 7.67. The largest absolute Gasteiger partial charge is 0.344 e. The zero-order valence-corrected chi connectivity index (χ0v) is 12.2. The zero-order valence-electron chi connectivity index (χ0n) is 12.2. The fourth-order valence-corrected chi connectivity index (χ4v) is 2.66. The lowest BCUT2D eigenvalue weighted by Crippen LogP contribution is -2.50. The maximum Gasteiger partial charge on any atom is 0.245 e. The van der Waals surface area contributed by atoms with Crippen molar-refractivity contribution in [2.45, 2.75) is 58.4 Å². The number of carbonyl (C=O) groups is 2. The summed E-state index contributed by atoms with van der Waals surface area (Å²) in [4.78, 5) is 26.4. The van der Waals surface area contributed by atoms with Gasteiger partial charge in [0.05, 0.1) is 0 Å². The molecule has 19 heavy (non-hydrogen) atoms. The SMILES string of the molecule is CC(C)C[C@H](NC(=O)C1CC1)C(=O)N1CCCCC1. The maximum absolute atomic E-state index is 12.5. The molecule has 1 saturated carbocycles. The number of piperidine rings is 1. The quantitative estimate of drug-likeness (QED) is 0.826. The van der Waals surface area contributed by atoms with Crippen LogP contribution in [0.5, 0.6) is 0 Å². The van der Waals surface area contributed by atoms with Crippen LogP contribution in [-0.4, -0.2) is 35.8 Å². The second kappa shape index (κ2) is 6.40. The van der Waals surface area contributed by atoms with Gasteiger partial charge in [-0.25, -0.2) is 0 Å². The Morgan fingerprint density at radius 3 is 2.32 bits per heavy atom. The van der Waals surface area contributed by atoms with Gasteiger partial charge in [0.15, 0.2) is 0 Å². The summed E-state index contributed by atoms with van der Waals surface area (Å²) in [5.74, 6) is 0.792. The predicted molar refractivity (Wildman–Crippen MR) is 74.5 cm³/mol. The van der Waals surface area contributed by atoms with Gasteiger partial charge in [-0.2, -0.15) is 0 Å². The summed E-state index contributed by atoms with van der Waals surface area (Å²) in [5.41, 5.74) is 0. The van der Waals surface area contributed by atoms with Gasteiger partial charge in [-0.3, -0.25) is 9.59 Å². The van der Waals surface area contributed by atoms with Gasteiger partial charge in [-0.1, -0.05) is 13.8 Å². The van der Waals surface area contributed by atoms with Crippen LogP contribution in [0.4, 0.5) is 0 Å². The molecule has 1 aliphatic heterocycles. The van der Waals surface area contributed by atoms with Crippen LogP contribution in [0.2, 0.25) is 0 Å². The lowest BCUT2D eigenvalue weighted by molar-refractivity contribution is -0.138. The van der Waals surface area contributed by atoms with Crippen molar-refractivity contribution in [1.29, 1.82) is 0 Å². The first kappa shape index (κ1) is 14.4. The smallest absolute Gasteiger partial charge is 0.245 e. The van der Waals surface area contributed by atoms with E-state index < -0.39 is 0 Å². The molecule has 2 amide bonds. The normalized spacial score (nSPS) is 21.3. The van der Waals surface area contributed by atoms with Gasteiger partial charge in [0.1, 0.15) is 6.04 Å². The molecular weight excluding hydrogens is 240 g/mol. The van der Waals surface area contributed by atoms with Gasteiger partial charge < -0.3 is 10.2 Å². The van der Waals surface area contributed by atoms with Gasteiger partial charge in [0.25, 0.3) is 0 Å². The summed E-state index contributed by atoms with van der Waals surface area (Å²) < 4.78 is 0. The van der Waals surface area contributed by atoms with Crippen LogP contribution < -0.4 is 5.32 Å². The summed E-state index contributed by atoms with van der Waals surface area (Å²) in [5, 5.41) is 2.98. The molecule has 4 nitrogen and oxygen atoms in total. The molecule has 1 saturated heterocycles. The van der Waals surface area contributed by atoms with E-state index in [9.17, 15) is 9.59 Å². The van der Waals surface area contributed by atoms with E-state index in [4.69, 9.17) is 0 Å². The molecule has 4 heteroatoms. The minimum atomic E-state index is -0.314. The fourth-order valence-electron chi connectivity index (χ4n) is 2.66. The number of likely N-dealkylation sites (tertiary alicyclic amines) is 1. The highest BCUT2D eigenvalue weighted by molar-refractivity contribution is 5.89. The Labute approximate surface area is 115 Å². The Balaban J connectivity index is 1.94. The number of nitrogens with one attached hydrogen (secondary N) is 1. The van der Waals surface area contributed by atoms with Gasteiger partial charge in [0.2, 0.25) is 11.8 Å². The Hall–Kier alpha value is -1.06. The van der Waals surface area contributed by atoms with Crippen LogP contribution in [-0.2, 0) is 9.59 Å². The van der Waals surface area contributed by atoms with Crippen LogP contribution in [0.3, 0.4) is 0 Å². The summed E-state index contributed by atoms with van der Waals surface area (Å²) in [6.07, 6.45) is 6.12. The van der Waals surface area contributed by atoms with Crippen LogP contribution in [0, 0.1) is 11.8 Å². The Morgan fingerprint density at radius 2 is 1.79 bits per heavy atom. The minimum Gasteiger partial charge on any atom is -0.344 e. The monoisotopic (exact) mass is 266 g/mol. The predicted octanol–water partition coefficient (Wildman–Crippen LogP) is 1.94. The summed E-state index contributed by atoms with van der Waals surface area (Å²) >= 11 is 0. The van der Waals surface area contributed by atoms with E-state index in [1.165, 1.54) is 6.42 Å². The standard InChI is InChI=1S/C15H26N2O2/c1-11(2)10-13(16-14(18)12-6-7-12)15(19)17-8-4-3-5-9-17/h11-13H,3-10H2,1-2H3,(H,16,18)/t13-/m0/s1. The van der Waals surface area contributed by atoms with Crippen LogP contribution in [0.15, 0.2) is 0 Å². The second-order valence-corrected chi connectivity index (χ2v) is 6.35. The summed E-state index contributed by atoms with van der Waals surface area (Å²) in [7, 11) is 0. The first-order chi connectivity index (χ1) is 9.08. The molecule has 2 aliphatic rings. The topological polar surface area (TPSA) is 49.4 Å². The lowest BCUT2D eigenvalue weighted by Gasteiger charge is -2.31. The van der Waals surface area contributed by atoms with Gasteiger partial charge in [-0.05, 0) is 44.4 Å². The average molecular weight is 266 g/mol. The molecule has 108 valence electrons. The van der Waals surface area contributed by atoms with Crippen molar-refractivity contribution >= 4 is 11.8 Å². The van der Waals surface area contributed by atoms with E-state index in [0.29, 0.717) is 5.92 Å². The van der Waals surface area contributed by atoms with Crippen molar-refractivity contribution in [3.8, 4) is 0 Å². The van der Waals surface area contributed by atoms with Gasteiger partial charge in [0, 0.05) is 19.0 Å². The number of amides is 2. The third-order valence-electron chi connectivity index (χ3n) is 3.94. The zero-order chi connectivity index (χ0) is 13.8. The molecule has 0 bridgehead atoms. The molecule has 1 aliphatic carbocycles. The van der Waals surface area contributed by atoms with Crippen LogP contribution in [0.25, 0.3) is 0 Å². The summed E-state index contributed by atoms with van der Waals surface area (Å²) in [6.45, 7) is 5.90. The highest BCUT2D eigenvalue weighted by atomic mass is 16.2. The lowest BCUT2D eigenvalue weighted by atomic mass is 10.0. The minimum absolute atomic E-state index is 0.0796. The van der Waals surface area contributed by atoms with Crippen molar-refractivity contribution in [3.63, 3.8) is 0 Å². The van der Waals surface area contributed by atoms with Crippen molar-refractivity contribution in [2.75, 3.05) is 13.1 Å². The Bertz CT molecular complexity index is 331. The van der Waals surface area contributed by atoms with Gasteiger partial charge >= 0.3 is 0 Å². The van der Waals surface area contributed by atoms with Crippen molar-refractivity contribution < 1.29 is 9.59 Å². The molecular formula is C15H26N2O2. The Morgan fingerprint density at radius 1 is 1.16 bits per heavy atom. The van der Waals surface area contributed by atoms with E-state index in [1.54, 1.807) is 0 Å². The molecule has 1 N–H and O–H groups in total. The molecule has 2 fully saturated rings. The van der Waals surface area contributed by atoms with Crippen LogP contribution >= 0.6 is 0 Å². The fraction of sp³-hybridized carbons (Fsp3) is 0.867. The second-order valence-electron chi connectivity index (χ2n) is 6.35. The third-order valence-corrected chi connectivity index (χ3v) is 3.94. The van der Waals surface area contributed by atoms with E-state index in [0.717, 1.165) is 45.2 Å². The number of hydrogen-bond acceptors (Lipinski definition) is 2. The highest BCUT2D eigenvalue weighted by Crippen LogP contribution is 2.29. The molecule has 0 aromatic carbocycles. The van der Waals surface area contributed by atoms with E-state index in [1.807, 2.05) is 4.90 Å².